The first-order valence-electron chi connectivity index (χ1n) is 8.84. The van der Waals surface area contributed by atoms with E-state index in [-0.39, 0.29) is 36.6 Å². The molecule has 2 aromatic rings. The first-order valence-corrected chi connectivity index (χ1v) is 8.84. The van der Waals surface area contributed by atoms with Crippen LogP contribution in [0.2, 0.25) is 0 Å². The molecule has 1 fully saturated rings. The van der Waals surface area contributed by atoms with E-state index >= 15 is 0 Å². The van der Waals surface area contributed by atoms with E-state index in [0.29, 0.717) is 0 Å². The van der Waals surface area contributed by atoms with Crippen molar-refractivity contribution in [2.45, 2.75) is 31.1 Å². The molecule has 1 aromatic carbocycles. The predicted molar refractivity (Wildman–Crippen MR) is 93.9 cm³/mol. The summed E-state index contributed by atoms with van der Waals surface area (Å²) in [6.45, 7) is 1.23. The molecule has 0 saturated heterocycles. The van der Waals surface area contributed by atoms with Gasteiger partial charge in [0.05, 0.1) is 5.56 Å². The number of halogens is 4. The Morgan fingerprint density at radius 3 is 2.55 bits per heavy atom. The van der Waals surface area contributed by atoms with Crippen molar-refractivity contribution in [3.05, 3.63) is 52.8 Å². The van der Waals surface area contributed by atoms with Crippen LogP contribution in [0.4, 0.5) is 23.5 Å². The number of amides is 2. The molecule has 1 aromatic heterocycles. The van der Waals surface area contributed by atoms with E-state index in [4.69, 9.17) is 0 Å². The van der Waals surface area contributed by atoms with E-state index in [2.05, 4.69) is 15.3 Å². The third-order valence-electron chi connectivity index (χ3n) is 5.22. The fourth-order valence-electron chi connectivity index (χ4n) is 3.61. The maximum atomic E-state index is 14.2. The molecule has 0 radical (unpaired) electrons. The monoisotopic (exact) mass is 408 g/mol. The number of carbonyl (C=O) groups excluding carboxylic acids is 2. The molecule has 6 nitrogen and oxygen atoms in total. The summed E-state index contributed by atoms with van der Waals surface area (Å²) < 4.78 is 53.4. The van der Waals surface area contributed by atoms with Gasteiger partial charge in [0.2, 0.25) is 11.9 Å². The highest BCUT2D eigenvalue weighted by Crippen LogP contribution is 2.55. The van der Waals surface area contributed by atoms with E-state index in [9.17, 15) is 27.2 Å². The van der Waals surface area contributed by atoms with Crippen LogP contribution >= 0.6 is 0 Å². The van der Waals surface area contributed by atoms with E-state index in [0.717, 1.165) is 28.7 Å². The van der Waals surface area contributed by atoms with Crippen molar-refractivity contribution < 1.29 is 27.2 Å². The van der Waals surface area contributed by atoms with Gasteiger partial charge in [-0.15, -0.1) is 0 Å². The molecular formula is C19H16F4N4O2. The average molecular weight is 408 g/mol. The van der Waals surface area contributed by atoms with E-state index in [1.165, 1.54) is 12.4 Å². The van der Waals surface area contributed by atoms with Crippen LogP contribution in [0.25, 0.3) is 0 Å². The Hall–Kier alpha value is -3.04. The molecular weight excluding hydrogens is 392 g/mol. The highest BCUT2D eigenvalue weighted by molar-refractivity contribution is 6.01. The van der Waals surface area contributed by atoms with Crippen molar-refractivity contribution in [2.24, 2.45) is 0 Å². The first-order chi connectivity index (χ1) is 13.6. The van der Waals surface area contributed by atoms with Gasteiger partial charge >= 0.3 is 6.18 Å². The largest absolute Gasteiger partial charge is 0.416 e. The van der Waals surface area contributed by atoms with E-state index in [1.54, 1.807) is 6.92 Å². The molecule has 1 aliphatic heterocycles. The summed E-state index contributed by atoms with van der Waals surface area (Å²) in [5, 5.41) is 2.45. The van der Waals surface area contributed by atoms with Gasteiger partial charge in [-0.3, -0.25) is 14.9 Å². The van der Waals surface area contributed by atoms with Gasteiger partial charge in [0.15, 0.2) is 0 Å². The molecule has 1 saturated carbocycles. The number of carbonyl (C=O) groups is 2. The number of hydrogen-bond donors (Lipinski definition) is 1. The second-order valence-electron chi connectivity index (χ2n) is 7.38. The van der Waals surface area contributed by atoms with Crippen LogP contribution in [0.3, 0.4) is 0 Å². The van der Waals surface area contributed by atoms with Crippen LogP contribution < -0.4 is 5.32 Å². The summed E-state index contributed by atoms with van der Waals surface area (Å²) >= 11 is 0. The van der Waals surface area contributed by atoms with Crippen molar-refractivity contribution in [1.82, 2.24) is 14.9 Å². The minimum absolute atomic E-state index is 0.00772. The number of rotatable bonds is 3. The fraction of sp³-hybridized carbons (Fsp3) is 0.368. The number of aromatic nitrogens is 2. The maximum absolute atomic E-state index is 14.2. The highest BCUT2D eigenvalue weighted by Gasteiger charge is 2.61. The van der Waals surface area contributed by atoms with Gasteiger partial charge in [-0.05, 0) is 42.7 Å². The van der Waals surface area contributed by atoms with Crippen molar-refractivity contribution in [3.8, 4) is 0 Å². The Bertz CT molecular complexity index is 993. The topological polar surface area (TPSA) is 75.2 Å². The Morgan fingerprint density at radius 2 is 1.97 bits per heavy atom. The van der Waals surface area contributed by atoms with E-state index in [1.807, 2.05) is 0 Å². The van der Waals surface area contributed by atoms with Gasteiger partial charge in [0.1, 0.15) is 12.7 Å². The van der Waals surface area contributed by atoms with Gasteiger partial charge in [0, 0.05) is 29.9 Å². The van der Waals surface area contributed by atoms with Gasteiger partial charge in [-0.25, -0.2) is 14.4 Å². The summed E-state index contributed by atoms with van der Waals surface area (Å²) in [6, 6.07) is 2.70. The van der Waals surface area contributed by atoms with Crippen LogP contribution in [0.1, 0.15) is 33.5 Å². The van der Waals surface area contributed by atoms with Crippen molar-refractivity contribution >= 4 is 17.8 Å². The van der Waals surface area contributed by atoms with Gasteiger partial charge in [0.25, 0.3) is 5.91 Å². The van der Waals surface area contributed by atoms with Crippen molar-refractivity contribution in [1.29, 1.82) is 0 Å². The zero-order valence-electron chi connectivity index (χ0n) is 15.3. The van der Waals surface area contributed by atoms with Gasteiger partial charge in [-0.2, -0.15) is 13.2 Å². The second-order valence-corrected chi connectivity index (χ2v) is 7.38. The number of fused-ring (bicyclic) bond motifs is 2. The van der Waals surface area contributed by atoms with Crippen LogP contribution in [0.15, 0.2) is 30.6 Å². The number of aryl methyl sites for hydroxylation is 1. The third-order valence-corrected chi connectivity index (χ3v) is 5.22. The maximum Gasteiger partial charge on any atom is 0.416 e. The number of nitrogens with zero attached hydrogens (tertiary/aromatic N) is 3. The lowest BCUT2D eigenvalue weighted by atomic mass is 9.85. The molecule has 10 heteroatoms. The molecule has 1 spiro atoms. The molecule has 152 valence electrons. The molecule has 2 aliphatic rings. The summed E-state index contributed by atoms with van der Waals surface area (Å²) in [7, 11) is 0. The molecule has 1 N–H and O–H groups in total. The molecule has 0 unspecified atom stereocenters. The number of anilines is 1. The lowest BCUT2D eigenvalue weighted by Gasteiger charge is -2.34. The zero-order valence-corrected chi connectivity index (χ0v) is 15.3. The smallest absolute Gasteiger partial charge is 0.328 e. The van der Waals surface area contributed by atoms with Crippen LogP contribution in [-0.4, -0.2) is 45.9 Å². The zero-order chi connectivity index (χ0) is 21.0. The first kappa shape index (κ1) is 19.3. The second kappa shape index (κ2) is 6.50. The van der Waals surface area contributed by atoms with Crippen LogP contribution in [-0.2, 0) is 16.4 Å². The number of benzene rings is 1. The Labute approximate surface area is 162 Å². The SMILES string of the molecule is Cc1cnc(NC(=O)CN2C[C@@]3(C[C@@H]3F)c3cc(C(F)(F)F)ccc3C2=O)nc1. The van der Waals surface area contributed by atoms with Gasteiger partial charge < -0.3 is 4.90 Å². The summed E-state index contributed by atoms with van der Waals surface area (Å²) in [4.78, 5) is 34.1. The number of hydrogen-bond acceptors (Lipinski definition) is 4. The Kier molecular flexibility index (Phi) is 4.32. The Morgan fingerprint density at radius 1 is 1.31 bits per heavy atom. The summed E-state index contributed by atoms with van der Waals surface area (Å²) in [5.74, 6) is -1.13. The minimum Gasteiger partial charge on any atom is -0.328 e. The standard InChI is InChI=1S/C19H16F4N4O2/c1-10-6-24-17(25-7-10)26-15(28)8-27-9-18(5-14(18)20)13-4-11(19(21,22)23)2-3-12(13)16(27)29/h2-4,6-7,14H,5,8-9H2,1H3,(H,24,25,26,28)/t14-,18-/m0/s1. The lowest BCUT2D eigenvalue weighted by molar-refractivity contribution is -0.137. The molecule has 1 aliphatic carbocycles. The van der Waals surface area contributed by atoms with Gasteiger partial charge in [-0.1, -0.05) is 0 Å². The molecule has 2 amide bonds. The third kappa shape index (κ3) is 3.43. The average Bonchev–Trinajstić information content (AvgIpc) is 3.30. The minimum atomic E-state index is -4.59. The molecule has 2 heterocycles. The molecule has 4 rings (SSSR count). The summed E-state index contributed by atoms with van der Waals surface area (Å²) in [6.07, 6.45) is -2.94. The quantitative estimate of drug-likeness (QED) is 0.793. The van der Waals surface area contributed by atoms with Crippen molar-refractivity contribution in [3.63, 3.8) is 0 Å². The van der Waals surface area contributed by atoms with Crippen LogP contribution in [0.5, 0.6) is 0 Å². The normalized spacial score (nSPS) is 23.1. The van der Waals surface area contributed by atoms with Crippen LogP contribution in [0, 0.1) is 6.92 Å². The van der Waals surface area contributed by atoms with Crippen molar-refractivity contribution in [2.75, 3.05) is 18.4 Å². The number of alkyl halides is 4. The fourth-order valence-corrected chi connectivity index (χ4v) is 3.61. The lowest BCUT2D eigenvalue weighted by Crippen LogP contribution is -2.47. The molecule has 0 bridgehead atoms. The van der Waals surface area contributed by atoms with E-state index < -0.39 is 35.1 Å². The molecule has 29 heavy (non-hydrogen) atoms. The Balaban J connectivity index is 1.58. The predicted octanol–water partition coefficient (Wildman–Crippen LogP) is 2.88. The number of nitrogens with one attached hydrogen (secondary N) is 1. The molecule has 2 atom stereocenters. The highest BCUT2D eigenvalue weighted by atomic mass is 19.4. The summed E-state index contributed by atoms with van der Waals surface area (Å²) in [5.41, 5.74) is -1.28.